The van der Waals surface area contributed by atoms with E-state index in [1.54, 1.807) is 24.3 Å². The molecule has 0 fully saturated rings. The molecule has 0 aliphatic rings. The van der Waals surface area contributed by atoms with E-state index in [1.807, 2.05) is 22.6 Å². The number of halogens is 3. The Morgan fingerprint density at radius 3 is 2.41 bits per heavy atom. The molecule has 3 aromatic rings. The van der Waals surface area contributed by atoms with Gasteiger partial charge in [-0.15, -0.1) is 0 Å². The summed E-state index contributed by atoms with van der Waals surface area (Å²) in [6.07, 6.45) is 0. The van der Waals surface area contributed by atoms with Gasteiger partial charge >= 0.3 is 0 Å². The lowest BCUT2D eigenvalue weighted by Gasteiger charge is -2.13. The zero-order chi connectivity index (χ0) is 21.1. The van der Waals surface area contributed by atoms with E-state index in [1.165, 1.54) is 25.1 Å². The number of nitro groups is 1. The molecule has 29 heavy (non-hydrogen) atoms. The Bertz CT molecular complexity index is 1120. The average Bonchev–Trinajstić information content (AvgIpc) is 2.62. The van der Waals surface area contributed by atoms with Gasteiger partial charge in [-0.1, -0.05) is 0 Å². The van der Waals surface area contributed by atoms with E-state index in [0.29, 0.717) is 20.5 Å². The zero-order valence-corrected chi connectivity index (χ0v) is 17.2. The van der Waals surface area contributed by atoms with Crippen LogP contribution in [0.1, 0.15) is 6.92 Å². The molecule has 6 nitrogen and oxygen atoms in total. The quantitative estimate of drug-likeness (QED) is 0.257. The lowest BCUT2D eigenvalue weighted by atomic mass is 10.0. The van der Waals surface area contributed by atoms with Crippen LogP contribution in [0.25, 0.3) is 11.1 Å². The van der Waals surface area contributed by atoms with Crippen molar-refractivity contribution >= 4 is 51.2 Å². The first kappa shape index (κ1) is 20.6. The van der Waals surface area contributed by atoms with Crippen molar-refractivity contribution in [2.45, 2.75) is 6.92 Å². The van der Waals surface area contributed by atoms with E-state index in [4.69, 9.17) is 0 Å². The minimum absolute atomic E-state index is 0.124. The molecule has 3 aromatic carbocycles. The molecule has 1 amide bonds. The molecule has 0 saturated carbocycles. The third-order valence-corrected chi connectivity index (χ3v) is 4.60. The third-order valence-electron chi connectivity index (χ3n) is 3.93. The van der Waals surface area contributed by atoms with Crippen LogP contribution in [0.4, 0.5) is 31.5 Å². The second-order valence-corrected chi connectivity index (χ2v) is 7.39. The fourth-order valence-electron chi connectivity index (χ4n) is 2.77. The highest BCUT2D eigenvalue weighted by atomic mass is 127. The summed E-state index contributed by atoms with van der Waals surface area (Å²) in [5.41, 5.74) is 1.34. The number of hydrogen-bond acceptors (Lipinski definition) is 4. The number of carbonyl (C=O) groups excluding carboxylic acids is 1. The molecule has 3 rings (SSSR count). The van der Waals surface area contributed by atoms with Gasteiger partial charge in [0.2, 0.25) is 5.91 Å². The van der Waals surface area contributed by atoms with Crippen molar-refractivity contribution in [2.75, 3.05) is 10.6 Å². The second kappa shape index (κ2) is 8.52. The molecule has 0 unspecified atom stereocenters. The molecular formula is C20H14F2IN3O3. The topological polar surface area (TPSA) is 84.3 Å². The van der Waals surface area contributed by atoms with Gasteiger partial charge in [-0.2, -0.15) is 0 Å². The Balaban J connectivity index is 2.09. The average molecular weight is 509 g/mol. The van der Waals surface area contributed by atoms with E-state index in [9.17, 15) is 23.7 Å². The lowest BCUT2D eigenvalue weighted by Crippen LogP contribution is -2.06. The van der Waals surface area contributed by atoms with Crippen molar-refractivity contribution in [3.05, 3.63) is 79.9 Å². The van der Waals surface area contributed by atoms with E-state index >= 15 is 0 Å². The van der Waals surface area contributed by atoms with Gasteiger partial charge in [0.05, 0.1) is 4.92 Å². The first-order valence-electron chi connectivity index (χ1n) is 8.32. The largest absolute Gasteiger partial charge is 0.350 e. The maximum atomic E-state index is 14.3. The number of nitro benzene ring substituents is 1. The fourth-order valence-corrected chi connectivity index (χ4v) is 3.25. The van der Waals surface area contributed by atoms with E-state index < -0.39 is 16.6 Å². The van der Waals surface area contributed by atoms with Gasteiger partial charge in [-0.05, 0) is 70.6 Å². The Kier molecular flexibility index (Phi) is 6.06. The molecular weight excluding hydrogens is 495 g/mol. The second-order valence-electron chi connectivity index (χ2n) is 6.15. The summed E-state index contributed by atoms with van der Waals surface area (Å²) in [4.78, 5) is 22.3. The highest BCUT2D eigenvalue weighted by Gasteiger charge is 2.16. The first-order valence-corrected chi connectivity index (χ1v) is 9.40. The summed E-state index contributed by atoms with van der Waals surface area (Å²) >= 11 is 1.97. The Labute approximate surface area is 178 Å². The van der Waals surface area contributed by atoms with E-state index in [0.717, 1.165) is 12.1 Å². The minimum atomic E-state index is -0.767. The van der Waals surface area contributed by atoms with E-state index in [-0.39, 0.29) is 22.8 Å². The molecule has 9 heteroatoms. The number of anilines is 3. The van der Waals surface area contributed by atoms with Crippen LogP contribution in [0, 0.1) is 25.3 Å². The zero-order valence-electron chi connectivity index (χ0n) is 15.0. The Hall–Kier alpha value is -3.08. The molecule has 0 radical (unpaired) electrons. The smallest absolute Gasteiger partial charge is 0.293 e. The van der Waals surface area contributed by atoms with Crippen molar-refractivity contribution in [3.63, 3.8) is 0 Å². The summed E-state index contributed by atoms with van der Waals surface area (Å²) in [5.74, 6) is -1.82. The molecule has 2 N–H and O–H groups in total. The predicted molar refractivity (Wildman–Crippen MR) is 115 cm³/mol. The Morgan fingerprint density at radius 1 is 1.03 bits per heavy atom. The molecule has 148 valence electrons. The maximum Gasteiger partial charge on any atom is 0.293 e. The molecule has 0 saturated heterocycles. The number of rotatable bonds is 5. The molecule has 0 heterocycles. The number of amides is 1. The fraction of sp³-hybridized carbons (Fsp3) is 0.0500. The van der Waals surface area contributed by atoms with Crippen LogP contribution < -0.4 is 10.6 Å². The monoisotopic (exact) mass is 509 g/mol. The van der Waals surface area contributed by atoms with Crippen LogP contribution in [0.15, 0.2) is 54.6 Å². The van der Waals surface area contributed by atoms with Crippen molar-refractivity contribution < 1.29 is 18.5 Å². The molecule has 0 atom stereocenters. The van der Waals surface area contributed by atoms with E-state index in [2.05, 4.69) is 10.6 Å². The van der Waals surface area contributed by atoms with Crippen molar-refractivity contribution in [1.82, 2.24) is 0 Å². The lowest BCUT2D eigenvalue weighted by molar-refractivity contribution is -0.384. The SMILES string of the molecule is CC(=O)Nc1cc(Nc2ccc(I)cc2[N+](=O)[O-])cc(-c2ccc(F)cc2F)c1. The molecule has 0 aromatic heterocycles. The summed E-state index contributed by atoms with van der Waals surface area (Å²) < 4.78 is 28.2. The first-order chi connectivity index (χ1) is 13.7. The van der Waals surface area contributed by atoms with Crippen LogP contribution in [0.5, 0.6) is 0 Å². The van der Waals surface area contributed by atoms with Gasteiger partial charge in [0, 0.05) is 39.6 Å². The molecule has 0 bridgehead atoms. The summed E-state index contributed by atoms with van der Waals surface area (Å²) in [6.45, 7) is 1.32. The highest BCUT2D eigenvalue weighted by molar-refractivity contribution is 14.1. The number of hydrogen-bond donors (Lipinski definition) is 2. The summed E-state index contributed by atoms with van der Waals surface area (Å²) in [7, 11) is 0. The van der Waals surface area contributed by atoms with Crippen LogP contribution in [0.3, 0.4) is 0 Å². The number of carbonyl (C=O) groups is 1. The Morgan fingerprint density at radius 2 is 1.76 bits per heavy atom. The van der Waals surface area contributed by atoms with Crippen LogP contribution in [-0.2, 0) is 4.79 Å². The van der Waals surface area contributed by atoms with Crippen LogP contribution in [-0.4, -0.2) is 10.8 Å². The van der Waals surface area contributed by atoms with Gasteiger partial charge in [0.15, 0.2) is 0 Å². The van der Waals surface area contributed by atoms with Crippen molar-refractivity contribution in [1.29, 1.82) is 0 Å². The van der Waals surface area contributed by atoms with Gasteiger partial charge < -0.3 is 10.6 Å². The third kappa shape index (κ3) is 5.05. The standard InChI is InChI=1S/C20H14F2IN3O3/c1-11(27)24-15-6-12(17-4-2-13(21)8-18(17)22)7-16(10-15)25-19-5-3-14(23)9-20(19)26(28)29/h2-10,25H,1H3,(H,24,27). The predicted octanol–water partition coefficient (Wildman–Crippen LogP) is 5.85. The van der Waals surface area contributed by atoms with Crippen molar-refractivity contribution in [2.24, 2.45) is 0 Å². The van der Waals surface area contributed by atoms with Crippen LogP contribution >= 0.6 is 22.6 Å². The summed E-state index contributed by atoms with van der Waals surface area (Å²) in [5, 5.41) is 16.9. The highest BCUT2D eigenvalue weighted by Crippen LogP contribution is 2.34. The molecule has 0 aliphatic carbocycles. The van der Waals surface area contributed by atoms with Gasteiger partial charge in [0.25, 0.3) is 5.69 Å². The van der Waals surface area contributed by atoms with Gasteiger partial charge in [0.1, 0.15) is 17.3 Å². The maximum absolute atomic E-state index is 14.3. The normalized spacial score (nSPS) is 10.5. The molecule has 0 spiro atoms. The van der Waals surface area contributed by atoms with Gasteiger partial charge in [-0.3, -0.25) is 14.9 Å². The van der Waals surface area contributed by atoms with Gasteiger partial charge in [-0.25, -0.2) is 8.78 Å². The van der Waals surface area contributed by atoms with Crippen LogP contribution in [0.2, 0.25) is 0 Å². The molecule has 0 aliphatic heterocycles. The number of benzene rings is 3. The van der Waals surface area contributed by atoms with Crippen molar-refractivity contribution in [3.8, 4) is 11.1 Å². The number of nitrogens with one attached hydrogen (secondary N) is 2. The summed E-state index contributed by atoms with van der Waals surface area (Å²) in [6, 6.07) is 12.5. The minimum Gasteiger partial charge on any atom is -0.350 e. The number of nitrogens with zero attached hydrogens (tertiary/aromatic N) is 1.